The molecule has 1 fully saturated rings. The Morgan fingerprint density at radius 2 is 2.26 bits per heavy atom. The molecule has 4 heteroatoms. The van der Waals surface area contributed by atoms with Gasteiger partial charge in [0.15, 0.2) is 0 Å². The van der Waals surface area contributed by atoms with Crippen LogP contribution in [-0.4, -0.2) is 38.8 Å². The number of ether oxygens (including phenoxy) is 1. The van der Waals surface area contributed by atoms with E-state index in [2.05, 4.69) is 41.3 Å². The van der Waals surface area contributed by atoms with Gasteiger partial charge in [0.05, 0.1) is 6.61 Å². The molecule has 0 aliphatic heterocycles. The molecular formula is C15H25N3O. The van der Waals surface area contributed by atoms with Crippen molar-refractivity contribution >= 4 is 5.82 Å². The van der Waals surface area contributed by atoms with Gasteiger partial charge in [0.2, 0.25) is 0 Å². The average Bonchev–Trinajstić information content (AvgIpc) is 3.11. The third-order valence-electron chi connectivity index (χ3n) is 3.80. The summed E-state index contributed by atoms with van der Waals surface area (Å²) in [5, 5.41) is 3.32. The summed E-state index contributed by atoms with van der Waals surface area (Å²) in [4.78, 5) is 6.80. The highest BCUT2D eigenvalue weighted by molar-refractivity contribution is 5.38. The van der Waals surface area contributed by atoms with E-state index >= 15 is 0 Å². The lowest BCUT2D eigenvalue weighted by Crippen LogP contribution is -2.22. The van der Waals surface area contributed by atoms with Crippen LogP contribution in [0.1, 0.15) is 18.9 Å². The molecule has 106 valence electrons. The number of pyridine rings is 1. The van der Waals surface area contributed by atoms with Gasteiger partial charge >= 0.3 is 0 Å². The highest BCUT2D eigenvalue weighted by Gasteiger charge is 2.33. The number of nitrogens with zero attached hydrogens (tertiary/aromatic N) is 2. The topological polar surface area (TPSA) is 37.4 Å². The third-order valence-corrected chi connectivity index (χ3v) is 3.80. The van der Waals surface area contributed by atoms with Crippen molar-refractivity contribution in [3.63, 3.8) is 0 Å². The van der Waals surface area contributed by atoms with Crippen molar-refractivity contribution in [3.8, 4) is 0 Å². The molecule has 2 rings (SSSR count). The van der Waals surface area contributed by atoms with Gasteiger partial charge in [-0.2, -0.15) is 0 Å². The Labute approximate surface area is 116 Å². The van der Waals surface area contributed by atoms with Gasteiger partial charge < -0.3 is 15.0 Å². The monoisotopic (exact) mass is 263 g/mol. The van der Waals surface area contributed by atoms with Gasteiger partial charge in [-0.05, 0) is 29.9 Å². The van der Waals surface area contributed by atoms with Crippen LogP contribution in [0.5, 0.6) is 0 Å². The van der Waals surface area contributed by atoms with Gasteiger partial charge in [0.25, 0.3) is 0 Å². The van der Waals surface area contributed by atoms with Crippen molar-refractivity contribution in [1.29, 1.82) is 0 Å². The number of nitrogens with one attached hydrogen (secondary N) is 1. The van der Waals surface area contributed by atoms with Gasteiger partial charge in [0, 0.05) is 40.0 Å². The second kappa shape index (κ2) is 6.87. The second-order valence-electron chi connectivity index (χ2n) is 5.55. The van der Waals surface area contributed by atoms with Crippen LogP contribution in [-0.2, 0) is 11.3 Å². The van der Waals surface area contributed by atoms with E-state index in [1.807, 2.05) is 6.20 Å². The maximum atomic E-state index is 5.00. The fourth-order valence-corrected chi connectivity index (χ4v) is 2.25. The van der Waals surface area contributed by atoms with Crippen molar-refractivity contribution < 1.29 is 4.74 Å². The molecule has 1 aromatic heterocycles. The second-order valence-corrected chi connectivity index (χ2v) is 5.55. The standard InChI is InChI=1S/C15H25N3O/c1-12-8-14(12)11-18(2)15-5-4-13(10-17-15)9-16-6-7-19-3/h4-5,10,12,14,16H,6-9,11H2,1-3H3. The van der Waals surface area contributed by atoms with Crippen LogP contribution in [0.3, 0.4) is 0 Å². The predicted octanol–water partition coefficient (Wildman–Crippen LogP) is 1.91. The predicted molar refractivity (Wildman–Crippen MR) is 78.4 cm³/mol. The van der Waals surface area contributed by atoms with Crippen LogP contribution in [0.15, 0.2) is 18.3 Å². The lowest BCUT2D eigenvalue weighted by Gasteiger charge is -2.18. The number of rotatable bonds is 8. The maximum Gasteiger partial charge on any atom is 0.128 e. The Hall–Kier alpha value is -1.13. The summed E-state index contributed by atoms with van der Waals surface area (Å²) in [5.74, 6) is 2.83. The van der Waals surface area contributed by atoms with Crippen LogP contribution in [0.2, 0.25) is 0 Å². The SMILES string of the molecule is COCCNCc1ccc(N(C)CC2CC2C)nc1. The number of anilines is 1. The number of hydrogen-bond donors (Lipinski definition) is 1. The summed E-state index contributed by atoms with van der Waals surface area (Å²) in [5.41, 5.74) is 1.22. The molecular weight excluding hydrogens is 238 g/mol. The van der Waals surface area contributed by atoms with E-state index in [1.165, 1.54) is 12.0 Å². The third kappa shape index (κ3) is 4.48. The summed E-state index contributed by atoms with van der Waals surface area (Å²) in [7, 11) is 3.85. The Morgan fingerprint density at radius 3 is 2.84 bits per heavy atom. The molecule has 4 nitrogen and oxygen atoms in total. The van der Waals surface area contributed by atoms with Crippen molar-refractivity contribution in [2.45, 2.75) is 19.9 Å². The lowest BCUT2D eigenvalue weighted by atomic mass is 10.2. The fourth-order valence-electron chi connectivity index (χ4n) is 2.25. The summed E-state index contributed by atoms with van der Waals surface area (Å²) in [6, 6.07) is 4.26. The first-order chi connectivity index (χ1) is 9.20. The molecule has 1 aromatic rings. The Kier molecular flexibility index (Phi) is 5.16. The first kappa shape index (κ1) is 14.3. The van der Waals surface area contributed by atoms with Gasteiger partial charge in [-0.3, -0.25) is 0 Å². The van der Waals surface area contributed by atoms with Gasteiger partial charge in [-0.25, -0.2) is 4.98 Å². The van der Waals surface area contributed by atoms with Crippen molar-refractivity contribution in [3.05, 3.63) is 23.9 Å². The minimum absolute atomic E-state index is 0.744. The molecule has 1 aliphatic carbocycles. The van der Waals surface area contributed by atoms with E-state index in [4.69, 9.17) is 4.74 Å². The van der Waals surface area contributed by atoms with Crippen LogP contribution in [0.4, 0.5) is 5.82 Å². The van der Waals surface area contributed by atoms with Crippen molar-refractivity contribution in [2.75, 3.05) is 38.8 Å². The molecule has 1 saturated carbocycles. The van der Waals surface area contributed by atoms with Crippen LogP contribution < -0.4 is 10.2 Å². The minimum atomic E-state index is 0.744. The molecule has 1 aliphatic rings. The zero-order chi connectivity index (χ0) is 13.7. The molecule has 0 spiro atoms. The van der Waals surface area contributed by atoms with Crippen molar-refractivity contribution in [1.82, 2.24) is 10.3 Å². The van der Waals surface area contributed by atoms with Gasteiger partial charge in [-0.1, -0.05) is 13.0 Å². The zero-order valence-corrected chi connectivity index (χ0v) is 12.2. The molecule has 2 unspecified atom stereocenters. The minimum Gasteiger partial charge on any atom is -0.383 e. The van der Waals surface area contributed by atoms with E-state index < -0.39 is 0 Å². The molecule has 0 saturated heterocycles. The Balaban J connectivity index is 1.77. The Bertz CT molecular complexity index is 379. The quantitative estimate of drug-likeness (QED) is 0.727. The van der Waals surface area contributed by atoms with Crippen LogP contribution in [0, 0.1) is 11.8 Å². The maximum absolute atomic E-state index is 5.00. The molecule has 0 aromatic carbocycles. The average molecular weight is 263 g/mol. The summed E-state index contributed by atoms with van der Waals surface area (Å²) >= 11 is 0. The first-order valence-electron chi connectivity index (χ1n) is 7.06. The normalized spacial score (nSPS) is 21.4. The molecule has 2 atom stereocenters. The van der Waals surface area contributed by atoms with Crippen LogP contribution >= 0.6 is 0 Å². The lowest BCUT2D eigenvalue weighted by molar-refractivity contribution is 0.199. The smallest absolute Gasteiger partial charge is 0.128 e. The largest absolute Gasteiger partial charge is 0.383 e. The fraction of sp³-hybridized carbons (Fsp3) is 0.667. The van der Waals surface area contributed by atoms with Gasteiger partial charge in [0.1, 0.15) is 5.82 Å². The molecule has 1 heterocycles. The highest BCUT2D eigenvalue weighted by Crippen LogP contribution is 2.38. The number of aromatic nitrogens is 1. The van der Waals surface area contributed by atoms with E-state index in [1.54, 1.807) is 7.11 Å². The summed E-state index contributed by atoms with van der Waals surface area (Å²) in [6.07, 6.45) is 3.33. The first-order valence-corrected chi connectivity index (χ1v) is 7.06. The van der Waals surface area contributed by atoms with E-state index in [-0.39, 0.29) is 0 Å². The molecule has 1 N–H and O–H groups in total. The van der Waals surface area contributed by atoms with E-state index in [0.29, 0.717) is 0 Å². The molecule has 0 bridgehead atoms. The van der Waals surface area contributed by atoms with E-state index in [9.17, 15) is 0 Å². The highest BCUT2D eigenvalue weighted by atomic mass is 16.5. The Morgan fingerprint density at radius 1 is 1.47 bits per heavy atom. The van der Waals surface area contributed by atoms with Gasteiger partial charge in [-0.15, -0.1) is 0 Å². The van der Waals surface area contributed by atoms with Crippen LogP contribution in [0.25, 0.3) is 0 Å². The molecule has 0 radical (unpaired) electrons. The molecule has 19 heavy (non-hydrogen) atoms. The van der Waals surface area contributed by atoms with Crippen molar-refractivity contribution in [2.24, 2.45) is 11.8 Å². The summed E-state index contributed by atoms with van der Waals surface area (Å²) in [6.45, 7) is 5.91. The van der Waals surface area contributed by atoms with E-state index in [0.717, 1.165) is 43.9 Å². The zero-order valence-electron chi connectivity index (χ0n) is 12.2. The number of methoxy groups -OCH3 is 1. The molecule has 0 amide bonds. The number of hydrogen-bond acceptors (Lipinski definition) is 4. The summed E-state index contributed by atoms with van der Waals surface area (Å²) < 4.78 is 5.00.